The van der Waals surface area contributed by atoms with E-state index in [-0.39, 0.29) is 90.1 Å². The molecule has 3 unspecified atom stereocenters. The number of imide groups is 2. The number of rotatable bonds is 11. The Balaban J connectivity index is 0.695. The van der Waals surface area contributed by atoms with Crippen molar-refractivity contribution in [2.75, 3.05) is 62.7 Å². The summed E-state index contributed by atoms with van der Waals surface area (Å²) in [6.07, 6.45) is 12.8. The van der Waals surface area contributed by atoms with Crippen molar-refractivity contribution in [1.82, 2.24) is 40.3 Å². The van der Waals surface area contributed by atoms with Gasteiger partial charge in [0.1, 0.15) is 42.1 Å². The summed E-state index contributed by atoms with van der Waals surface area (Å²) in [5, 5.41) is 10.7. The van der Waals surface area contributed by atoms with E-state index in [0.717, 1.165) is 49.0 Å². The number of carbonyl (C=O) groups excluding carboxylic acids is 5. The lowest BCUT2D eigenvalue weighted by molar-refractivity contribution is -0.136. The van der Waals surface area contributed by atoms with Crippen molar-refractivity contribution in [2.45, 2.75) is 87.5 Å². The Kier molecular flexibility index (Phi) is 12.0. The van der Waals surface area contributed by atoms with Gasteiger partial charge in [-0.15, -0.1) is 6.42 Å². The van der Waals surface area contributed by atoms with Gasteiger partial charge in [-0.05, 0) is 86.9 Å². The van der Waals surface area contributed by atoms with Crippen molar-refractivity contribution >= 4 is 62.9 Å². The molecule has 5 aromatic rings. The van der Waals surface area contributed by atoms with E-state index in [2.05, 4.69) is 43.2 Å². The standard InChI is InChI=1S/C55H54F2N10O7/c1-3-37-42(56)12-7-32-5-4-6-39(45(32)37)47-46(57)48-41(24-59-47)49(65-26-34-8-9-35(27-65)60-34)63-53(62-48)74-29-55-18-15-36(66(55)25-30(2)22-55)28-73-54(72)64-19-16-31(17-20-64)23-58-33-10-11-38-40(21-33)52(71)67(51(38)70)43-13-14-44(68)61-50(43)69/h1,4-7,10-12,21,24,31,34-36,43,58,60H,2,8-9,13-20,22-23,25-29H2,(H,61,68,69)/t34?,35?,36-,43?,55-/m0/s1. The largest absolute Gasteiger partial charge is 0.461 e. The molecule has 0 saturated carbocycles. The van der Waals surface area contributed by atoms with Gasteiger partial charge in [-0.2, -0.15) is 9.97 Å². The highest BCUT2D eigenvalue weighted by Crippen LogP contribution is 2.45. The van der Waals surface area contributed by atoms with Crippen molar-refractivity contribution in [2.24, 2.45) is 5.92 Å². The number of nitrogens with zero attached hydrogens (tertiary/aromatic N) is 7. The van der Waals surface area contributed by atoms with E-state index in [4.69, 9.17) is 25.9 Å². The fraction of sp³-hybridized carbons (Fsp3) is 0.418. The van der Waals surface area contributed by atoms with E-state index in [1.165, 1.54) is 6.07 Å². The van der Waals surface area contributed by atoms with E-state index >= 15 is 8.78 Å². The number of piperidine rings is 2. The number of hydrogen-bond acceptors (Lipinski definition) is 14. The molecular formula is C55H54F2N10O7. The summed E-state index contributed by atoms with van der Waals surface area (Å²) in [7, 11) is 0. The molecule has 74 heavy (non-hydrogen) atoms. The van der Waals surface area contributed by atoms with E-state index in [1.807, 2.05) is 0 Å². The minimum absolute atomic E-state index is 0.0117. The van der Waals surface area contributed by atoms with Gasteiger partial charge in [0.05, 0.1) is 27.6 Å². The summed E-state index contributed by atoms with van der Waals surface area (Å²) >= 11 is 0. The Morgan fingerprint density at radius 1 is 0.946 bits per heavy atom. The van der Waals surface area contributed by atoms with Crippen LogP contribution in [0.2, 0.25) is 0 Å². The summed E-state index contributed by atoms with van der Waals surface area (Å²) in [5.74, 6) is -0.246. The Bertz CT molecular complexity index is 3250. The van der Waals surface area contributed by atoms with Crippen LogP contribution in [0.4, 0.5) is 25.1 Å². The first-order valence-corrected chi connectivity index (χ1v) is 25.5. The molecule has 0 radical (unpaired) electrons. The third-order valence-electron chi connectivity index (χ3n) is 16.3. The molecular weight excluding hydrogens is 951 g/mol. The monoisotopic (exact) mass is 1000 g/mol. The van der Waals surface area contributed by atoms with Gasteiger partial charge >= 0.3 is 12.1 Å². The molecule has 2 bridgehead atoms. The van der Waals surface area contributed by atoms with Gasteiger partial charge in [0.2, 0.25) is 11.8 Å². The number of carbonyl (C=O) groups is 5. The van der Waals surface area contributed by atoms with E-state index in [0.29, 0.717) is 78.9 Å². The fourth-order valence-electron chi connectivity index (χ4n) is 12.5. The third kappa shape index (κ3) is 8.33. The lowest BCUT2D eigenvalue weighted by Crippen LogP contribution is -2.54. The van der Waals surface area contributed by atoms with E-state index < -0.39 is 46.8 Å². The lowest BCUT2D eigenvalue weighted by atomic mass is 9.94. The zero-order valence-corrected chi connectivity index (χ0v) is 40.6. The van der Waals surface area contributed by atoms with Crippen molar-refractivity contribution in [3.05, 3.63) is 95.2 Å². The first-order chi connectivity index (χ1) is 35.8. The molecule has 6 fully saturated rings. The number of nitrogens with one attached hydrogen (secondary N) is 3. The molecule has 12 rings (SSSR count). The molecule has 2 aromatic heterocycles. The number of benzene rings is 3. The molecule has 9 heterocycles. The molecule has 6 saturated heterocycles. The number of fused-ring (bicyclic) bond motifs is 6. The summed E-state index contributed by atoms with van der Waals surface area (Å²) in [6.45, 7) is 8.31. The van der Waals surface area contributed by atoms with Crippen LogP contribution in [-0.4, -0.2) is 142 Å². The number of piperazine rings is 1. The number of amides is 5. The Morgan fingerprint density at radius 3 is 2.53 bits per heavy atom. The molecule has 7 aliphatic heterocycles. The number of aromatic nitrogens is 3. The van der Waals surface area contributed by atoms with Crippen LogP contribution in [0.1, 0.15) is 84.1 Å². The highest BCUT2D eigenvalue weighted by Gasteiger charge is 2.52. The molecule has 19 heteroatoms. The number of anilines is 2. The maximum absolute atomic E-state index is 17.2. The van der Waals surface area contributed by atoms with Crippen LogP contribution >= 0.6 is 0 Å². The van der Waals surface area contributed by atoms with Gasteiger partial charge in [-0.1, -0.05) is 42.3 Å². The molecule has 5 atom stereocenters. The maximum atomic E-state index is 17.2. The van der Waals surface area contributed by atoms with E-state index in [1.54, 1.807) is 53.6 Å². The summed E-state index contributed by atoms with van der Waals surface area (Å²) in [5.41, 5.74) is 2.05. The molecule has 0 spiro atoms. The quantitative estimate of drug-likeness (QED) is 0.0800. The smallest absolute Gasteiger partial charge is 0.409 e. The van der Waals surface area contributed by atoms with Crippen molar-refractivity contribution in [1.29, 1.82) is 0 Å². The second-order valence-electron chi connectivity index (χ2n) is 20.9. The van der Waals surface area contributed by atoms with Crippen molar-refractivity contribution in [3.63, 3.8) is 0 Å². The number of ether oxygens (including phenoxy) is 2. The van der Waals surface area contributed by atoms with Gasteiger partial charge in [0.15, 0.2) is 5.82 Å². The normalized spacial score (nSPS) is 24.9. The lowest BCUT2D eigenvalue weighted by Gasteiger charge is -2.35. The topological polar surface area (TPSA) is 192 Å². The fourth-order valence-corrected chi connectivity index (χ4v) is 12.5. The number of halogens is 2. The van der Waals surface area contributed by atoms with Crippen LogP contribution in [0.15, 0.2) is 66.9 Å². The second kappa shape index (κ2) is 18.7. The van der Waals surface area contributed by atoms with E-state index in [9.17, 15) is 24.0 Å². The highest BCUT2D eigenvalue weighted by molar-refractivity contribution is 6.23. The average Bonchev–Trinajstić information content (AvgIpc) is 4.12. The van der Waals surface area contributed by atoms with Crippen molar-refractivity contribution < 1.29 is 42.2 Å². The molecule has 3 aromatic carbocycles. The van der Waals surface area contributed by atoms with Crippen LogP contribution in [0.5, 0.6) is 6.01 Å². The summed E-state index contributed by atoms with van der Waals surface area (Å²) in [6, 6.07) is 12.6. The first kappa shape index (κ1) is 47.4. The van der Waals surface area contributed by atoms with Crippen LogP contribution in [0, 0.1) is 29.9 Å². The summed E-state index contributed by atoms with van der Waals surface area (Å²) < 4.78 is 44.9. The zero-order chi connectivity index (χ0) is 51.0. The molecule has 7 aliphatic rings. The Labute approximate surface area is 425 Å². The number of pyridine rings is 1. The van der Waals surface area contributed by atoms with Crippen molar-refractivity contribution in [3.8, 4) is 29.6 Å². The maximum Gasteiger partial charge on any atom is 0.409 e. The van der Waals surface area contributed by atoms with Gasteiger partial charge in [-0.25, -0.2) is 13.6 Å². The molecule has 17 nitrogen and oxygen atoms in total. The van der Waals surface area contributed by atoms with Crippen LogP contribution < -0.4 is 25.6 Å². The first-order valence-electron chi connectivity index (χ1n) is 25.5. The van der Waals surface area contributed by atoms with Gasteiger partial charge < -0.3 is 29.9 Å². The van der Waals surface area contributed by atoms with Crippen LogP contribution in [0.3, 0.4) is 0 Å². The molecule has 0 aliphatic carbocycles. The minimum atomic E-state index is -1.03. The minimum Gasteiger partial charge on any atom is -0.461 e. The number of terminal acetylenes is 1. The zero-order valence-electron chi connectivity index (χ0n) is 40.6. The van der Waals surface area contributed by atoms with Crippen LogP contribution in [0.25, 0.3) is 32.9 Å². The summed E-state index contributed by atoms with van der Waals surface area (Å²) in [4.78, 5) is 85.6. The number of likely N-dealkylation sites (tertiary alicyclic amines) is 1. The van der Waals surface area contributed by atoms with Crippen LogP contribution in [-0.2, 0) is 14.3 Å². The Hall–Kier alpha value is -7.56. The second-order valence-corrected chi connectivity index (χ2v) is 20.9. The molecule has 380 valence electrons. The van der Waals surface area contributed by atoms with Gasteiger partial charge in [0.25, 0.3) is 11.8 Å². The highest BCUT2D eigenvalue weighted by atomic mass is 19.1. The predicted molar refractivity (Wildman–Crippen MR) is 269 cm³/mol. The van der Waals surface area contributed by atoms with Gasteiger partial charge in [0, 0.05) is 86.6 Å². The average molecular weight is 1010 g/mol. The van der Waals surface area contributed by atoms with Gasteiger partial charge in [-0.3, -0.25) is 39.3 Å². The SMILES string of the molecule is C#Cc1c(F)ccc2cccc(-c3ncc4c(N5CC6CCC(C5)N6)nc(OC[C@@]56CC[C@@H](COC(=O)N7CCC(CNc8ccc9c(c8)C(=O)N(C8CCC(=O)NC8=O)C9=O)CC7)N5CC(=C)C6)nc4c3F)c12. The molecule has 5 amide bonds. The predicted octanol–water partition coefficient (Wildman–Crippen LogP) is 5.95. The number of hydrogen-bond donors (Lipinski definition) is 3. The molecule has 3 N–H and O–H groups in total. The third-order valence-corrected chi connectivity index (χ3v) is 16.3. The Morgan fingerprint density at radius 2 is 1.74 bits per heavy atom.